The highest BCUT2D eigenvalue weighted by molar-refractivity contribution is 5.96. The van der Waals surface area contributed by atoms with Crippen molar-refractivity contribution in [2.75, 3.05) is 19.6 Å². The van der Waals surface area contributed by atoms with Crippen molar-refractivity contribution in [2.45, 2.75) is 94.4 Å². The SMILES string of the molecule is N=C(N)NCCC[C@H](NC(=O)[C@@H]1CCCN1C(=O)[C@H](CCC(=O)O)NC(=O)CNC(=O)[C@H](CCC(=O)O)NC(=O)[C@@H](N)CCC(=O)O)C(=O)O. The summed E-state index contributed by atoms with van der Waals surface area (Å²) < 4.78 is 0. The number of nitrogens with one attached hydrogen (secondary N) is 6. The summed E-state index contributed by atoms with van der Waals surface area (Å²) in [5.41, 5.74) is 10.8. The molecular weight excluding hydrogens is 670 g/mol. The maximum atomic E-state index is 13.5. The number of hydrogen-bond donors (Lipinski definition) is 12. The van der Waals surface area contributed by atoms with E-state index in [2.05, 4.69) is 26.6 Å². The van der Waals surface area contributed by atoms with Crippen molar-refractivity contribution in [3.63, 3.8) is 0 Å². The van der Waals surface area contributed by atoms with Crippen LogP contribution in [0.15, 0.2) is 0 Å². The van der Waals surface area contributed by atoms with Gasteiger partial charge in [0.15, 0.2) is 5.96 Å². The molecule has 0 unspecified atom stereocenters. The van der Waals surface area contributed by atoms with E-state index in [1.807, 2.05) is 0 Å². The highest BCUT2D eigenvalue weighted by atomic mass is 16.4. The topological polar surface area (TPSA) is 374 Å². The quantitative estimate of drug-likeness (QED) is 0.0271. The maximum absolute atomic E-state index is 13.5. The minimum absolute atomic E-state index is 0.0244. The van der Waals surface area contributed by atoms with Crippen LogP contribution >= 0.6 is 0 Å². The van der Waals surface area contributed by atoms with Gasteiger partial charge in [-0.2, -0.15) is 0 Å². The lowest BCUT2D eigenvalue weighted by Gasteiger charge is -2.29. The van der Waals surface area contributed by atoms with Crippen molar-refractivity contribution in [1.82, 2.24) is 31.5 Å². The average Bonchev–Trinajstić information content (AvgIpc) is 3.53. The summed E-state index contributed by atoms with van der Waals surface area (Å²) >= 11 is 0. The van der Waals surface area contributed by atoms with Gasteiger partial charge in [-0.15, -0.1) is 0 Å². The first-order valence-electron chi connectivity index (χ1n) is 15.6. The highest BCUT2D eigenvalue weighted by Crippen LogP contribution is 2.20. The maximum Gasteiger partial charge on any atom is 0.326 e. The molecule has 0 aromatic carbocycles. The van der Waals surface area contributed by atoms with E-state index < -0.39 is 122 Å². The third-order valence-electron chi connectivity index (χ3n) is 7.43. The van der Waals surface area contributed by atoms with Gasteiger partial charge in [-0.3, -0.25) is 43.8 Å². The van der Waals surface area contributed by atoms with Crippen molar-refractivity contribution in [2.24, 2.45) is 11.5 Å². The van der Waals surface area contributed by atoms with Crippen LogP contribution in [0.4, 0.5) is 0 Å². The summed E-state index contributed by atoms with van der Waals surface area (Å²) in [6.07, 6.45) is -2.01. The summed E-state index contributed by atoms with van der Waals surface area (Å²) in [7, 11) is 0. The van der Waals surface area contributed by atoms with Crippen molar-refractivity contribution < 1.29 is 63.6 Å². The van der Waals surface area contributed by atoms with Gasteiger partial charge in [0.2, 0.25) is 29.5 Å². The number of rotatable bonds is 23. The van der Waals surface area contributed by atoms with Gasteiger partial charge < -0.3 is 63.4 Å². The normalized spacial score (nSPS) is 16.1. The van der Waals surface area contributed by atoms with E-state index in [0.717, 1.165) is 4.90 Å². The Morgan fingerprint density at radius 1 is 0.740 bits per heavy atom. The Kier molecular flexibility index (Phi) is 18.2. The van der Waals surface area contributed by atoms with Crippen molar-refractivity contribution in [3.8, 4) is 0 Å². The van der Waals surface area contributed by atoms with Crippen LogP contribution in [0.25, 0.3) is 0 Å². The van der Waals surface area contributed by atoms with Crippen LogP contribution in [0.1, 0.15) is 64.2 Å². The van der Waals surface area contributed by atoms with Gasteiger partial charge in [0.1, 0.15) is 24.2 Å². The molecule has 22 heteroatoms. The van der Waals surface area contributed by atoms with Gasteiger partial charge in [-0.05, 0) is 44.9 Å². The van der Waals surface area contributed by atoms with Gasteiger partial charge >= 0.3 is 23.9 Å². The number of nitrogens with two attached hydrogens (primary N) is 2. The van der Waals surface area contributed by atoms with E-state index in [0.29, 0.717) is 6.42 Å². The molecule has 50 heavy (non-hydrogen) atoms. The number of aliphatic carboxylic acids is 4. The van der Waals surface area contributed by atoms with Crippen LogP contribution in [0, 0.1) is 5.41 Å². The molecule has 1 heterocycles. The number of nitrogens with zero attached hydrogens (tertiary/aromatic N) is 1. The fourth-order valence-electron chi connectivity index (χ4n) is 4.84. The van der Waals surface area contributed by atoms with E-state index >= 15 is 0 Å². The number of carbonyl (C=O) groups is 9. The predicted octanol–water partition coefficient (Wildman–Crippen LogP) is -4.18. The molecule has 0 radical (unpaired) electrons. The Bertz CT molecular complexity index is 1300. The molecule has 0 saturated carbocycles. The second kappa shape index (κ2) is 21.4. The molecular formula is C28H45N9O13. The number of likely N-dealkylation sites (tertiary alicyclic amines) is 1. The number of carboxylic acid groups (broad SMARTS) is 4. The van der Waals surface area contributed by atoms with Crippen molar-refractivity contribution in [1.29, 1.82) is 5.41 Å². The Morgan fingerprint density at radius 3 is 1.88 bits per heavy atom. The molecule has 0 aliphatic carbocycles. The molecule has 0 bridgehead atoms. The molecule has 0 aromatic heterocycles. The number of guanidine groups is 1. The molecule has 1 fully saturated rings. The smallest absolute Gasteiger partial charge is 0.326 e. The Morgan fingerprint density at radius 2 is 1.32 bits per heavy atom. The van der Waals surface area contributed by atoms with E-state index in [4.69, 9.17) is 27.1 Å². The molecule has 0 spiro atoms. The minimum atomic E-state index is -1.49. The molecule has 14 N–H and O–H groups in total. The molecule has 1 saturated heterocycles. The lowest BCUT2D eigenvalue weighted by Crippen LogP contribution is -2.56. The van der Waals surface area contributed by atoms with Gasteiger partial charge in [0, 0.05) is 32.4 Å². The van der Waals surface area contributed by atoms with Gasteiger partial charge in [0.05, 0.1) is 12.6 Å². The monoisotopic (exact) mass is 715 g/mol. The van der Waals surface area contributed by atoms with Crippen LogP contribution in [0.2, 0.25) is 0 Å². The molecule has 5 atom stereocenters. The fraction of sp³-hybridized carbons (Fsp3) is 0.643. The van der Waals surface area contributed by atoms with E-state index in [1.165, 1.54) is 0 Å². The average molecular weight is 716 g/mol. The number of hydrogen-bond acceptors (Lipinski definition) is 11. The summed E-state index contributed by atoms with van der Waals surface area (Å²) in [6, 6.07) is -6.77. The zero-order valence-electron chi connectivity index (χ0n) is 27.1. The first-order chi connectivity index (χ1) is 23.4. The third kappa shape index (κ3) is 16.0. The second-order valence-electron chi connectivity index (χ2n) is 11.4. The fourth-order valence-corrected chi connectivity index (χ4v) is 4.84. The summed E-state index contributed by atoms with van der Waals surface area (Å²) in [4.78, 5) is 111. The number of amides is 5. The van der Waals surface area contributed by atoms with Gasteiger partial charge in [-0.1, -0.05) is 0 Å². The molecule has 1 aliphatic rings. The van der Waals surface area contributed by atoms with E-state index in [9.17, 15) is 53.4 Å². The second-order valence-corrected chi connectivity index (χ2v) is 11.4. The van der Waals surface area contributed by atoms with Crippen LogP contribution < -0.4 is 38.1 Å². The molecule has 5 amide bonds. The van der Waals surface area contributed by atoms with Crippen molar-refractivity contribution >= 4 is 59.4 Å². The zero-order chi connectivity index (χ0) is 38.0. The van der Waals surface area contributed by atoms with Crippen molar-refractivity contribution in [3.05, 3.63) is 0 Å². The standard InChI is InChI=1S/C28H45N9O13/c29-14(5-8-20(39)40)23(45)35-15(6-9-21(41)42)24(46)33-13-19(38)34-16(7-10-22(43)44)26(48)37-12-2-4-18(37)25(47)36-17(27(49)50)3-1-11-32-28(30)31/h14-18H,1-13,29H2,(H,33,46)(H,34,38)(H,35,45)(H,36,47)(H,39,40)(H,41,42)(H,43,44)(H,49,50)(H4,30,31,32)/t14-,15-,16-,17-,18-/m0/s1. The van der Waals surface area contributed by atoms with Gasteiger partial charge in [0.25, 0.3) is 0 Å². The van der Waals surface area contributed by atoms with Crippen LogP contribution in [0.5, 0.6) is 0 Å². The molecule has 0 aromatic rings. The predicted molar refractivity (Wildman–Crippen MR) is 169 cm³/mol. The number of carbonyl (C=O) groups excluding carboxylic acids is 5. The summed E-state index contributed by atoms with van der Waals surface area (Å²) in [6.45, 7) is -0.593. The van der Waals surface area contributed by atoms with Crippen LogP contribution in [-0.2, 0) is 43.2 Å². The van der Waals surface area contributed by atoms with E-state index in [1.54, 1.807) is 0 Å². The third-order valence-corrected chi connectivity index (χ3v) is 7.43. The minimum Gasteiger partial charge on any atom is -0.481 e. The molecule has 280 valence electrons. The Hall–Kier alpha value is -5.54. The molecule has 22 nitrogen and oxygen atoms in total. The highest BCUT2D eigenvalue weighted by Gasteiger charge is 2.39. The molecule has 1 rings (SSSR count). The zero-order valence-corrected chi connectivity index (χ0v) is 27.1. The molecule has 1 aliphatic heterocycles. The van der Waals surface area contributed by atoms with Crippen LogP contribution in [0.3, 0.4) is 0 Å². The summed E-state index contributed by atoms with van der Waals surface area (Å²) in [5, 5.41) is 55.3. The lowest BCUT2D eigenvalue weighted by atomic mass is 10.1. The van der Waals surface area contributed by atoms with Crippen LogP contribution in [-0.4, -0.2) is 135 Å². The Balaban J connectivity index is 2.96. The Labute approximate surface area is 285 Å². The first kappa shape index (κ1) is 42.5. The summed E-state index contributed by atoms with van der Waals surface area (Å²) in [5.74, 6) is -10.0. The first-order valence-corrected chi connectivity index (χ1v) is 15.6. The number of carboxylic acids is 4. The lowest BCUT2D eigenvalue weighted by molar-refractivity contribution is -0.145. The largest absolute Gasteiger partial charge is 0.481 e. The van der Waals surface area contributed by atoms with Gasteiger partial charge in [-0.25, -0.2) is 4.79 Å². The van der Waals surface area contributed by atoms with E-state index in [-0.39, 0.29) is 44.7 Å².